The van der Waals surface area contributed by atoms with E-state index in [1.807, 2.05) is 18.5 Å². The Labute approximate surface area is 128 Å². The largest absolute Gasteiger partial charge is 0.255 e. The molecule has 0 aromatic carbocycles. The van der Waals surface area contributed by atoms with Crippen LogP contribution in [0.2, 0.25) is 0 Å². The lowest BCUT2D eigenvalue weighted by Crippen LogP contribution is -2.17. The minimum atomic E-state index is 0.369. The molecule has 2 nitrogen and oxygen atoms in total. The quantitative estimate of drug-likeness (QED) is 0.782. The Bertz CT molecular complexity index is 597. The molecule has 1 atom stereocenters. The lowest BCUT2D eigenvalue weighted by Gasteiger charge is -2.27. The highest BCUT2D eigenvalue weighted by Crippen LogP contribution is 2.29. The molecular weight excluding hydrogens is 256 g/mol. The van der Waals surface area contributed by atoms with Gasteiger partial charge in [0.1, 0.15) is 0 Å². The summed E-state index contributed by atoms with van der Waals surface area (Å²) in [7, 11) is 0. The normalized spacial score (nSPS) is 13.2. The number of nitrogens with zero attached hydrogens (tertiary/aromatic N) is 2. The van der Waals surface area contributed by atoms with Crippen molar-refractivity contribution < 1.29 is 0 Å². The summed E-state index contributed by atoms with van der Waals surface area (Å²) in [6, 6.07) is 8.40. The van der Waals surface area contributed by atoms with Gasteiger partial charge in [0.15, 0.2) is 0 Å². The van der Waals surface area contributed by atoms with Crippen molar-refractivity contribution in [1.82, 2.24) is 9.97 Å². The standard InChI is InChI=1S/C19H26N2/c1-14-8-10-20-17(12-14)18-13-16(9-11-21-18)7-6-15(2)19(3,4)5/h8-13,15H,6-7H2,1-5H3. The van der Waals surface area contributed by atoms with E-state index >= 15 is 0 Å². The highest BCUT2D eigenvalue weighted by Gasteiger charge is 2.19. The summed E-state index contributed by atoms with van der Waals surface area (Å²) in [5.41, 5.74) is 4.86. The Morgan fingerprint density at radius 3 is 2.24 bits per heavy atom. The third-order valence-corrected chi connectivity index (χ3v) is 4.35. The topological polar surface area (TPSA) is 25.8 Å². The second-order valence-electron chi connectivity index (χ2n) is 7.07. The zero-order valence-electron chi connectivity index (χ0n) is 13.9. The van der Waals surface area contributed by atoms with Crippen LogP contribution in [0.1, 0.15) is 45.2 Å². The molecule has 2 aromatic rings. The second-order valence-corrected chi connectivity index (χ2v) is 7.07. The van der Waals surface area contributed by atoms with Crippen LogP contribution in [0, 0.1) is 18.3 Å². The molecule has 2 aromatic heterocycles. The average molecular weight is 282 g/mol. The predicted molar refractivity (Wildman–Crippen MR) is 89.1 cm³/mol. The fourth-order valence-electron chi connectivity index (χ4n) is 2.26. The Morgan fingerprint density at radius 2 is 1.62 bits per heavy atom. The van der Waals surface area contributed by atoms with Gasteiger partial charge in [0, 0.05) is 12.4 Å². The number of hydrogen-bond donors (Lipinski definition) is 0. The molecule has 0 amide bonds. The fourth-order valence-corrected chi connectivity index (χ4v) is 2.26. The molecule has 0 bridgehead atoms. The average Bonchev–Trinajstić information content (AvgIpc) is 2.44. The molecule has 0 aliphatic heterocycles. The molecule has 2 heteroatoms. The van der Waals surface area contributed by atoms with E-state index in [2.05, 4.69) is 62.8 Å². The van der Waals surface area contributed by atoms with Gasteiger partial charge in [0.05, 0.1) is 11.4 Å². The molecule has 1 unspecified atom stereocenters. The minimum absolute atomic E-state index is 0.369. The molecule has 0 spiro atoms. The van der Waals surface area contributed by atoms with E-state index in [1.165, 1.54) is 17.5 Å². The van der Waals surface area contributed by atoms with Gasteiger partial charge in [-0.05, 0) is 66.5 Å². The van der Waals surface area contributed by atoms with Crippen LogP contribution in [0.4, 0.5) is 0 Å². The van der Waals surface area contributed by atoms with Crippen molar-refractivity contribution in [3.8, 4) is 11.4 Å². The van der Waals surface area contributed by atoms with Gasteiger partial charge in [0.2, 0.25) is 0 Å². The Kier molecular flexibility index (Phi) is 4.76. The van der Waals surface area contributed by atoms with E-state index in [0.29, 0.717) is 11.3 Å². The second kappa shape index (κ2) is 6.38. The number of rotatable bonds is 4. The highest BCUT2D eigenvalue weighted by atomic mass is 14.8. The lowest BCUT2D eigenvalue weighted by atomic mass is 9.79. The van der Waals surface area contributed by atoms with Gasteiger partial charge in [-0.25, -0.2) is 0 Å². The van der Waals surface area contributed by atoms with E-state index in [4.69, 9.17) is 0 Å². The van der Waals surface area contributed by atoms with Crippen LogP contribution in [0.25, 0.3) is 11.4 Å². The molecule has 112 valence electrons. The van der Waals surface area contributed by atoms with Crippen molar-refractivity contribution in [3.05, 3.63) is 47.8 Å². The van der Waals surface area contributed by atoms with E-state index in [-0.39, 0.29) is 0 Å². The zero-order valence-corrected chi connectivity index (χ0v) is 13.9. The van der Waals surface area contributed by atoms with Gasteiger partial charge in [-0.3, -0.25) is 9.97 Å². The maximum Gasteiger partial charge on any atom is 0.0888 e. The van der Waals surface area contributed by atoms with Crippen LogP contribution in [0.3, 0.4) is 0 Å². The molecule has 0 aliphatic rings. The van der Waals surface area contributed by atoms with Crippen LogP contribution in [0.5, 0.6) is 0 Å². The molecule has 0 fully saturated rings. The first-order valence-corrected chi connectivity index (χ1v) is 7.74. The molecule has 0 N–H and O–H groups in total. The SMILES string of the molecule is Cc1ccnc(-c2cc(CCC(C)C(C)(C)C)ccn2)c1. The van der Waals surface area contributed by atoms with E-state index in [1.54, 1.807) is 0 Å². The summed E-state index contributed by atoms with van der Waals surface area (Å²) in [6.45, 7) is 11.4. The smallest absolute Gasteiger partial charge is 0.0888 e. The number of hydrogen-bond acceptors (Lipinski definition) is 2. The van der Waals surface area contributed by atoms with Crippen LogP contribution < -0.4 is 0 Å². The monoisotopic (exact) mass is 282 g/mol. The number of aryl methyl sites for hydroxylation is 2. The van der Waals surface area contributed by atoms with Gasteiger partial charge in [0.25, 0.3) is 0 Å². The predicted octanol–water partition coefficient (Wildman–Crippen LogP) is 5.07. The third-order valence-electron chi connectivity index (χ3n) is 4.35. The maximum absolute atomic E-state index is 4.46. The molecule has 0 saturated carbocycles. The number of aromatic nitrogens is 2. The summed E-state index contributed by atoms with van der Waals surface area (Å²) < 4.78 is 0. The van der Waals surface area contributed by atoms with Crippen LogP contribution in [-0.4, -0.2) is 9.97 Å². The highest BCUT2D eigenvalue weighted by molar-refractivity contribution is 5.55. The number of pyridine rings is 2. The van der Waals surface area contributed by atoms with Crippen molar-refractivity contribution in [3.63, 3.8) is 0 Å². The molecule has 0 radical (unpaired) electrons. The molecule has 0 saturated heterocycles. The zero-order chi connectivity index (χ0) is 15.5. The fraction of sp³-hybridized carbons (Fsp3) is 0.474. The van der Waals surface area contributed by atoms with Gasteiger partial charge >= 0.3 is 0 Å². The summed E-state index contributed by atoms with van der Waals surface area (Å²) in [4.78, 5) is 8.89. The van der Waals surface area contributed by atoms with Crippen LogP contribution >= 0.6 is 0 Å². The van der Waals surface area contributed by atoms with Crippen molar-refractivity contribution in [1.29, 1.82) is 0 Å². The first kappa shape index (κ1) is 15.7. The summed E-state index contributed by atoms with van der Waals surface area (Å²) in [5.74, 6) is 0.700. The Hall–Kier alpha value is -1.70. The van der Waals surface area contributed by atoms with Crippen molar-refractivity contribution >= 4 is 0 Å². The molecule has 0 aliphatic carbocycles. The van der Waals surface area contributed by atoms with E-state index in [0.717, 1.165) is 17.8 Å². The van der Waals surface area contributed by atoms with Crippen LogP contribution in [-0.2, 0) is 6.42 Å². The van der Waals surface area contributed by atoms with Crippen molar-refractivity contribution in [2.24, 2.45) is 11.3 Å². The van der Waals surface area contributed by atoms with Gasteiger partial charge < -0.3 is 0 Å². The Morgan fingerprint density at radius 1 is 1.00 bits per heavy atom. The first-order chi connectivity index (χ1) is 9.86. The molecule has 2 rings (SSSR count). The van der Waals surface area contributed by atoms with Gasteiger partial charge in [-0.15, -0.1) is 0 Å². The first-order valence-electron chi connectivity index (χ1n) is 7.74. The van der Waals surface area contributed by atoms with Crippen molar-refractivity contribution in [2.45, 2.75) is 47.5 Å². The third kappa shape index (κ3) is 4.38. The Balaban J connectivity index is 2.12. The summed E-state index contributed by atoms with van der Waals surface area (Å²) >= 11 is 0. The molecule has 2 heterocycles. The van der Waals surface area contributed by atoms with Crippen molar-refractivity contribution in [2.75, 3.05) is 0 Å². The molecule has 21 heavy (non-hydrogen) atoms. The van der Waals surface area contributed by atoms with Gasteiger partial charge in [-0.2, -0.15) is 0 Å². The lowest BCUT2D eigenvalue weighted by molar-refractivity contribution is 0.247. The molecular formula is C19H26N2. The van der Waals surface area contributed by atoms with E-state index < -0.39 is 0 Å². The maximum atomic E-state index is 4.46. The minimum Gasteiger partial charge on any atom is -0.255 e. The summed E-state index contributed by atoms with van der Waals surface area (Å²) in [6.07, 6.45) is 6.05. The van der Waals surface area contributed by atoms with Crippen LogP contribution in [0.15, 0.2) is 36.7 Å². The van der Waals surface area contributed by atoms with Gasteiger partial charge in [-0.1, -0.05) is 27.7 Å². The van der Waals surface area contributed by atoms with E-state index in [9.17, 15) is 0 Å². The summed E-state index contributed by atoms with van der Waals surface area (Å²) in [5, 5.41) is 0.